The van der Waals surface area contributed by atoms with Gasteiger partial charge in [-0.25, -0.2) is 10.2 Å². The van der Waals surface area contributed by atoms with Crippen molar-refractivity contribution >= 4 is 17.9 Å². The van der Waals surface area contributed by atoms with Crippen LogP contribution in [-0.2, 0) is 0 Å². The number of nitrogens with one attached hydrogen (secondary N) is 2. The number of urea groups is 1. The minimum atomic E-state index is -0.426. The highest BCUT2D eigenvalue weighted by Gasteiger charge is 1.99. The van der Waals surface area contributed by atoms with E-state index in [1.54, 1.807) is 24.3 Å². The third-order valence-corrected chi connectivity index (χ3v) is 2.56. The lowest BCUT2D eigenvalue weighted by atomic mass is 10.2. The second-order valence-corrected chi connectivity index (χ2v) is 4.29. The number of carbonyl (C=O) groups excluding carboxylic acids is 1. The molecule has 2 amide bonds. The second-order valence-electron chi connectivity index (χ2n) is 4.29. The molecule has 0 fully saturated rings. The Labute approximate surface area is 117 Å². The topological polar surface area (TPSA) is 73.7 Å². The number of carbonyl (C=O) groups is 1. The van der Waals surface area contributed by atoms with Gasteiger partial charge in [-0.3, -0.25) is 0 Å². The van der Waals surface area contributed by atoms with E-state index in [1.165, 1.54) is 6.21 Å². The number of hydrogen-bond acceptors (Lipinski definition) is 3. The van der Waals surface area contributed by atoms with Gasteiger partial charge in [0.05, 0.1) is 6.21 Å². The smallest absolute Gasteiger partial charge is 0.339 e. The van der Waals surface area contributed by atoms with Gasteiger partial charge in [0, 0.05) is 5.69 Å². The van der Waals surface area contributed by atoms with E-state index in [0.29, 0.717) is 11.3 Å². The van der Waals surface area contributed by atoms with Crippen LogP contribution in [-0.4, -0.2) is 17.4 Å². The van der Waals surface area contributed by atoms with Gasteiger partial charge in [-0.05, 0) is 36.8 Å². The molecule has 3 N–H and O–H groups in total. The summed E-state index contributed by atoms with van der Waals surface area (Å²) in [5.41, 5.74) is 4.86. The fraction of sp³-hybridized carbons (Fsp3) is 0.0667. The molecule has 0 aliphatic carbocycles. The van der Waals surface area contributed by atoms with E-state index in [-0.39, 0.29) is 5.75 Å². The number of hydrazone groups is 1. The van der Waals surface area contributed by atoms with Crippen LogP contribution in [0.15, 0.2) is 53.6 Å². The van der Waals surface area contributed by atoms with Crippen molar-refractivity contribution in [3.05, 3.63) is 59.7 Å². The van der Waals surface area contributed by atoms with Gasteiger partial charge >= 0.3 is 6.03 Å². The van der Waals surface area contributed by atoms with E-state index in [2.05, 4.69) is 15.8 Å². The van der Waals surface area contributed by atoms with Crippen LogP contribution in [0.25, 0.3) is 0 Å². The van der Waals surface area contributed by atoms with Gasteiger partial charge in [-0.1, -0.05) is 29.8 Å². The number of amides is 2. The fourth-order valence-electron chi connectivity index (χ4n) is 1.57. The number of aromatic hydroxyl groups is 1. The molecule has 20 heavy (non-hydrogen) atoms. The molecule has 2 aromatic carbocycles. The molecule has 102 valence electrons. The molecule has 0 aliphatic heterocycles. The lowest BCUT2D eigenvalue weighted by Crippen LogP contribution is -2.24. The molecule has 0 spiro atoms. The maximum atomic E-state index is 11.6. The van der Waals surface area contributed by atoms with Gasteiger partial charge in [-0.2, -0.15) is 5.10 Å². The molecule has 2 rings (SSSR count). The Morgan fingerprint density at radius 1 is 1.20 bits per heavy atom. The highest BCUT2D eigenvalue weighted by Crippen LogP contribution is 2.09. The predicted molar refractivity (Wildman–Crippen MR) is 79.0 cm³/mol. The van der Waals surface area contributed by atoms with Crippen LogP contribution in [0, 0.1) is 6.92 Å². The first kappa shape index (κ1) is 13.6. The van der Waals surface area contributed by atoms with Crippen molar-refractivity contribution in [1.82, 2.24) is 5.43 Å². The molecule has 0 saturated heterocycles. The van der Waals surface area contributed by atoms with E-state index in [4.69, 9.17) is 0 Å². The van der Waals surface area contributed by atoms with Crippen LogP contribution in [0.4, 0.5) is 10.5 Å². The molecule has 0 heterocycles. The number of hydrogen-bond donors (Lipinski definition) is 3. The fourth-order valence-corrected chi connectivity index (χ4v) is 1.57. The molecule has 5 nitrogen and oxygen atoms in total. The molecule has 0 aromatic heterocycles. The van der Waals surface area contributed by atoms with E-state index in [1.807, 2.05) is 31.2 Å². The van der Waals surface area contributed by atoms with Crippen molar-refractivity contribution in [2.75, 3.05) is 5.32 Å². The number of anilines is 1. The van der Waals surface area contributed by atoms with E-state index in [0.717, 1.165) is 5.56 Å². The highest BCUT2D eigenvalue weighted by molar-refractivity contribution is 5.90. The lowest BCUT2D eigenvalue weighted by Gasteiger charge is -2.04. The Balaban J connectivity index is 1.87. The van der Waals surface area contributed by atoms with Gasteiger partial charge in [0.1, 0.15) is 5.75 Å². The third-order valence-electron chi connectivity index (χ3n) is 2.56. The zero-order valence-electron chi connectivity index (χ0n) is 11.0. The summed E-state index contributed by atoms with van der Waals surface area (Å²) in [6.07, 6.45) is 1.45. The Morgan fingerprint density at radius 2 is 1.95 bits per heavy atom. The largest absolute Gasteiger partial charge is 0.508 e. The van der Waals surface area contributed by atoms with E-state index < -0.39 is 6.03 Å². The lowest BCUT2D eigenvalue weighted by molar-refractivity contribution is 0.252. The maximum Gasteiger partial charge on any atom is 0.339 e. The molecular weight excluding hydrogens is 254 g/mol. The Kier molecular flexibility index (Phi) is 4.34. The van der Waals surface area contributed by atoms with Crippen LogP contribution < -0.4 is 10.7 Å². The molecule has 5 heteroatoms. The predicted octanol–water partition coefficient (Wildman–Crippen LogP) is 2.86. The van der Waals surface area contributed by atoms with Crippen LogP contribution in [0.2, 0.25) is 0 Å². The average molecular weight is 269 g/mol. The van der Waals surface area contributed by atoms with Crippen molar-refractivity contribution in [3.8, 4) is 5.75 Å². The minimum absolute atomic E-state index is 0.151. The number of nitrogens with zero attached hydrogens (tertiary/aromatic N) is 1. The second kappa shape index (κ2) is 6.38. The van der Waals surface area contributed by atoms with Gasteiger partial charge in [0.2, 0.25) is 0 Å². The van der Waals surface area contributed by atoms with E-state index in [9.17, 15) is 9.90 Å². The third kappa shape index (κ3) is 4.13. The summed E-state index contributed by atoms with van der Waals surface area (Å²) in [5.74, 6) is 0.151. The minimum Gasteiger partial charge on any atom is -0.508 e. The highest BCUT2D eigenvalue weighted by atomic mass is 16.3. The Hall–Kier alpha value is -2.82. The molecule has 0 atom stereocenters. The molecular formula is C15H15N3O2. The zero-order valence-corrected chi connectivity index (χ0v) is 11.0. The summed E-state index contributed by atoms with van der Waals surface area (Å²) < 4.78 is 0. The summed E-state index contributed by atoms with van der Waals surface area (Å²) in [5, 5.41) is 15.7. The molecule has 2 aromatic rings. The monoisotopic (exact) mass is 269 g/mol. The average Bonchev–Trinajstić information content (AvgIpc) is 2.41. The Morgan fingerprint density at radius 3 is 2.65 bits per heavy atom. The standard InChI is InChI=1S/C15H15N3O2/c1-11-5-7-13(8-6-11)17-15(20)18-16-10-12-3-2-4-14(19)9-12/h2-10,19H,1H3,(H2,17,18,20)/b16-10+. The van der Waals surface area contributed by atoms with Gasteiger partial charge < -0.3 is 10.4 Å². The summed E-state index contributed by atoms with van der Waals surface area (Å²) in [4.78, 5) is 11.6. The van der Waals surface area contributed by atoms with Gasteiger partial charge in [-0.15, -0.1) is 0 Å². The summed E-state index contributed by atoms with van der Waals surface area (Å²) >= 11 is 0. The molecule has 0 aliphatic rings. The number of rotatable bonds is 3. The van der Waals surface area contributed by atoms with Crippen LogP contribution >= 0.6 is 0 Å². The summed E-state index contributed by atoms with van der Waals surface area (Å²) in [6.45, 7) is 1.98. The van der Waals surface area contributed by atoms with Crippen LogP contribution in [0.3, 0.4) is 0 Å². The van der Waals surface area contributed by atoms with Crippen LogP contribution in [0.5, 0.6) is 5.75 Å². The molecule has 0 unspecified atom stereocenters. The zero-order chi connectivity index (χ0) is 14.4. The molecule has 0 bridgehead atoms. The van der Waals surface area contributed by atoms with Crippen molar-refractivity contribution in [1.29, 1.82) is 0 Å². The van der Waals surface area contributed by atoms with Crippen molar-refractivity contribution in [2.24, 2.45) is 5.10 Å². The van der Waals surface area contributed by atoms with E-state index >= 15 is 0 Å². The van der Waals surface area contributed by atoms with Crippen molar-refractivity contribution in [3.63, 3.8) is 0 Å². The molecule has 0 saturated carbocycles. The Bertz CT molecular complexity index is 621. The van der Waals surface area contributed by atoms with Gasteiger partial charge in [0.25, 0.3) is 0 Å². The summed E-state index contributed by atoms with van der Waals surface area (Å²) in [7, 11) is 0. The molecule has 0 radical (unpaired) electrons. The number of benzene rings is 2. The quantitative estimate of drug-likeness (QED) is 0.592. The number of aryl methyl sites for hydroxylation is 1. The number of phenols is 1. The van der Waals surface area contributed by atoms with Crippen molar-refractivity contribution < 1.29 is 9.90 Å². The summed E-state index contributed by atoms with van der Waals surface area (Å²) in [6, 6.07) is 13.6. The van der Waals surface area contributed by atoms with Gasteiger partial charge in [0.15, 0.2) is 0 Å². The first-order chi connectivity index (χ1) is 9.63. The maximum absolute atomic E-state index is 11.6. The number of phenolic OH excluding ortho intramolecular Hbond substituents is 1. The first-order valence-electron chi connectivity index (χ1n) is 6.09. The normalized spacial score (nSPS) is 10.4. The van der Waals surface area contributed by atoms with Crippen molar-refractivity contribution in [2.45, 2.75) is 6.92 Å². The first-order valence-corrected chi connectivity index (χ1v) is 6.09. The van der Waals surface area contributed by atoms with Crippen LogP contribution in [0.1, 0.15) is 11.1 Å². The SMILES string of the molecule is Cc1ccc(NC(=O)N/N=C/c2cccc(O)c2)cc1.